The second-order valence-corrected chi connectivity index (χ2v) is 8.87. The van der Waals surface area contributed by atoms with Crippen LogP contribution < -0.4 is 24.7 Å². The van der Waals surface area contributed by atoms with E-state index in [1.807, 2.05) is 31.2 Å². The van der Waals surface area contributed by atoms with Crippen LogP contribution in [0.3, 0.4) is 0 Å². The normalized spacial score (nSPS) is 14.4. The van der Waals surface area contributed by atoms with Crippen molar-refractivity contribution in [3.8, 4) is 29.1 Å². The van der Waals surface area contributed by atoms with Gasteiger partial charge < -0.3 is 29.1 Å². The number of allylic oxidation sites excluding steroid dienone is 1. The maximum Gasteiger partial charge on any atom is 0.379 e. The molecule has 0 spiro atoms. The Morgan fingerprint density at radius 1 is 1.05 bits per heavy atom. The van der Waals surface area contributed by atoms with Crippen molar-refractivity contribution in [2.24, 2.45) is 5.73 Å². The smallest absolute Gasteiger partial charge is 0.379 e. The van der Waals surface area contributed by atoms with Crippen LogP contribution in [-0.4, -0.2) is 20.2 Å². The van der Waals surface area contributed by atoms with Crippen molar-refractivity contribution in [2.45, 2.75) is 26.2 Å². The number of nitriles is 1. The highest BCUT2D eigenvalue weighted by molar-refractivity contribution is 5.97. The van der Waals surface area contributed by atoms with Crippen LogP contribution in [-0.2, 0) is 6.42 Å². The number of rotatable bonds is 6. The minimum atomic E-state index is -0.620. The van der Waals surface area contributed by atoms with E-state index in [0.717, 1.165) is 22.9 Å². The molecule has 0 saturated heterocycles. The summed E-state index contributed by atoms with van der Waals surface area (Å²) in [6, 6.07) is 18.4. The van der Waals surface area contributed by atoms with Crippen molar-refractivity contribution in [2.75, 3.05) is 14.2 Å². The Bertz CT molecular complexity index is 1640. The van der Waals surface area contributed by atoms with Crippen LogP contribution in [0.1, 0.15) is 45.7 Å². The van der Waals surface area contributed by atoms with E-state index in [2.05, 4.69) is 13.0 Å². The van der Waals surface area contributed by atoms with Gasteiger partial charge in [0.05, 0.1) is 20.1 Å². The van der Waals surface area contributed by atoms with Crippen molar-refractivity contribution in [1.82, 2.24) is 0 Å². The molecule has 4 aromatic rings. The summed E-state index contributed by atoms with van der Waals surface area (Å²) in [4.78, 5) is 13.0. The van der Waals surface area contributed by atoms with Crippen LogP contribution in [0, 0.1) is 18.3 Å². The molecule has 8 heteroatoms. The summed E-state index contributed by atoms with van der Waals surface area (Å²) in [7, 11) is 3.10. The van der Waals surface area contributed by atoms with Crippen LogP contribution in [0.25, 0.3) is 11.0 Å². The molecular formula is C30H26N2O6. The number of carbonyl (C=O) groups excluding carboxylic acids is 1. The first-order valence-electron chi connectivity index (χ1n) is 12.1. The summed E-state index contributed by atoms with van der Waals surface area (Å²) in [5.41, 5.74) is 10.4. The number of ether oxygens (including phenoxy) is 4. The number of benzene rings is 3. The summed E-state index contributed by atoms with van der Waals surface area (Å²) < 4.78 is 28.0. The maximum atomic E-state index is 13.0. The van der Waals surface area contributed by atoms with E-state index < -0.39 is 11.9 Å². The van der Waals surface area contributed by atoms with Crippen LogP contribution in [0.2, 0.25) is 0 Å². The number of nitrogens with two attached hydrogens (primary N) is 1. The zero-order valence-corrected chi connectivity index (χ0v) is 21.5. The predicted molar refractivity (Wildman–Crippen MR) is 141 cm³/mol. The molecule has 1 atom stereocenters. The molecule has 38 heavy (non-hydrogen) atoms. The Morgan fingerprint density at radius 3 is 2.55 bits per heavy atom. The molecule has 8 nitrogen and oxygen atoms in total. The lowest BCUT2D eigenvalue weighted by Gasteiger charge is -2.27. The van der Waals surface area contributed by atoms with E-state index in [0.29, 0.717) is 34.0 Å². The molecule has 1 unspecified atom stereocenters. The quantitative estimate of drug-likeness (QED) is 0.257. The molecule has 0 bridgehead atoms. The molecule has 0 aliphatic carbocycles. The van der Waals surface area contributed by atoms with E-state index in [9.17, 15) is 10.1 Å². The van der Waals surface area contributed by atoms with E-state index in [4.69, 9.17) is 29.1 Å². The minimum absolute atomic E-state index is 0.0249. The highest BCUT2D eigenvalue weighted by Gasteiger charge is 2.32. The predicted octanol–water partition coefficient (Wildman–Crippen LogP) is 5.76. The van der Waals surface area contributed by atoms with Crippen molar-refractivity contribution in [3.63, 3.8) is 0 Å². The number of fused-ring (bicyclic) bond motifs is 2. The van der Waals surface area contributed by atoms with E-state index >= 15 is 0 Å². The van der Waals surface area contributed by atoms with E-state index in [1.165, 1.54) is 0 Å². The van der Waals surface area contributed by atoms with Gasteiger partial charge in [-0.3, -0.25) is 0 Å². The number of methoxy groups -OCH3 is 2. The maximum absolute atomic E-state index is 13.0. The third-order valence-corrected chi connectivity index (χ3v) is 6.74. The van der Waals surface area contributed by atoms with Crippen LogP contribution in [0.5, 0.6) is 23.0 Å². The average Bonchev–Trinajstić information content (AvgIpc) is 3.27. The Balaban J connectivity index is 1.49. The molecule has 1 aliphatic rings. The highest BCUT2D eigenvalue weighted by Crippen LogP contribution is 2.45. The Morgan fingerprint density at radius 2 is 1.84 bits per heavy atom. The molecule has 2 N–H and O–H groups in total. The van der Waals surface area contributed by atoms with Gasteiger partial charge in [-0.25, -0.2) is 4.79 Å². The molecule has 1 aromatic heterocycles. The van der Waals surface area contributed by atoms with Gasteiger partial charge in [-0.05, 0) is 54.8 Å². The zero-order valence-electron chi connectivity index (χ0n) is 21.5. The van der Waals surface area contributed by atoms with Crippen molar-refractivity contribution >= 4 is 16.9 Å². The first-order valence-corrected chi connectivity index (χ1v) is 12.1. The van der Waals surface area contributed by atoms with Gasteiger partial charge in [-0.15, -0.1) is 0 Å². The van der Waals surface area contributed by atoms with E-state index in [1.54, 1.807) is 44.6 Å². The minimum Gasteiger partial charge on any atom is -0.493 e. The van der Waals surface area contributed by atoms with Crippen LogP contribution in [0.15, 0.2) is 70.5 Å². The monoisotopic (exact) mass is 510 g/mol. The number of hydrogen-bond donors (Lipinski definition) is 1. The van der Waals surface area contributed by atoms with Gasteiger partial charge in [0.1, 0.15) is 28.7 Å². The molecule has 0 radical (unpaired) electrons. The van der Waals surface area contributed by atoms with Crippen molar-refractivity contribution in [3.05, 3.63) is 94.1 Å². The summed E-state index contributed by atoms with van der Waals surface area (Å²) in [5, 5.41) is 10.7. The first-order chi connectivity index (χ1) is 18.4. The molecule has 1 aliphatic heterocycles. The fourth-order valence-electron chi connectivity index (χ4n) is 4.71. The molecule has 5 rings (SSSR count). The van der Waals surface area contributed by atoms with Crippen molar-refractivity contribution in [1.29, 1.82) is 5.26 Å². The van der Waals surface area contributed by atoms with Gasteiger partial charge in [0.2, 0.25) is 11.6 Å². The molecule has 192 valence electrons. The summed E-state index contributed by atoms with van der Waals surface area (Å²) in [6.45, 7) is 3.90. The topological polar surface area (TPSA) is 117 Å². The number of furan rings is 1. The third kappa shape index (κ3) is 4.18. The lowest BCUT2D eigenvalue weighted by Crippen LogP contribution is -2.21. The van der Waals surface area contributed by atoms with E-state index in [-0.39, 0.29) is 23.0 Å². The lowest BCUT2D eigenvalue weighted by molar-refractivity contribution is 0.0702. The van der Waals surface area contributed by atoms with Gasteiger partial charge >= 0.3 is 5.97 Å². The second kappa shape index (κ2) is 9.87. The van der Waals surface area contributed by atoms with Crippen molar-refractivity contribution < 1.29 is 28.2 Å². The molecule has 3 aromatic carbocycles. The molecule has 0 fully saturated rings. The van der Waals surface area contributed by atoms with Gasteiger partial charge in [0.25, 0.3) is 0 Å². The van der Waals surface area contributed by atoms with Gasteiger partial charge in [-0.2, -0.15) is 5.26 Å². The van der Waals surface area contributed by atoms with Crippen LogP contribution >= 0.6 is 0 Å². The number of esters is 1. The fourth-order valence-corrected chi connectivity index (χ4v) is 4.71. The largest absolute Gasteiger partial charge is 0.493 e. The average molecular weight is 511 g/mol. The molecule has 0 saturated carbocycles. The first kappa shape index (κ1) is 24.8. The Kier molecular flexibility index (Phi) is 6.43. The fraction of sp³-hybridized carbons (Fsp3) is 0.200. The Hall–Kier alpha value is -4.90. The molecule has 0 amide bonds. The van der Waals surface area contributed by atoms with Gasteiger partial charge in [0, 0.05) is 22.6 Å². The number of carbonyl (C=O) groups is 1. The second-order valence-electron chi connectivity index (χ2n) is 8.87. The number of hydrogen-bond acceptors (Lipinski definition) is 8. The standard InChI is InChI=1S/C30H26N2O6/c1-5-17-6-10-23-21(12-17)16(2)28(37-23)30(33)36-19-8-9-20-25(14-19)38-29(32)22(15-31)27(20)18-7-11-24(34-3)26(13-18)35-4/h6-14,27H,5,32H2,1-4H3. The number of aryl methyl sites for hydroxylation is 2. The van der Waals surface area contributed by atoms with Gasteiger partial charge in [0.15, 0.2) is 11.5 Å². The SMILES string of the molecule is CCc1ccc2oc(C(=O)Oc3ccc4c(c3)OC(N)=C(C#N)C4c3ccc(OC)c(OC)c3)c(C)c2c1. The molecule has 2 heterocycles. The zero-order chi connectivity index (χ0) is 27.0. The number of nitrogens with zero attached hydrogens (tertiary/aromatic N) is 1. The van der Waals surface area contributed by atoms with Gasteiger partial charge in [-0.1, -0.05) is 25.1 Å². The van der Waals surface area contributed by atoms with Crippen LogP contribution in [0.4, 0.5) is 0 Å². The summed E-state index contributed by atoms with van der Waals surface area (Å²) in [6.07, 6.45) is 0.880. The molecular weight excluding hydrogens is 484 g/mol. The summed E-state index contributed by atoms with van der Waals surface area (Å²) >= 11 is 0. The third-order valence-electron chi connectivity index (χ3n) is 6.74. The Labute approximate surface area is 219 Å². The highest BCUT2D eigenvalue weighted by atomic mass is 16.5. The lowest BCUT2D eigenvalue weighted by atomic mass is 9.83. The summed E-state index contributed by atoms with van der Waals surface area (Å²) in [5.74, 6) is 0.690.